The summed E-state index contributed by atoms with van der Waals surface area (Å²) in [7, 11) is 0. The van der Waals surface area contributed by atoms with Gasteiger partial charge in [0.25, 0.3) is 0 Å². The van der Waals surface area contributed by atoms with E-state index in [4.69, 9.17) is 4.74 Å². The molecule has 0 unspecified atom stereocenters. The van der Waals surface area contributed by atoms with Crippen LogP contribution in [-0.2, 0) is 0 Å². The Morgan fingerprint density at radius 1 is 0.750 bits per heavy atom. The summed E-state index contributed by atoms with van der Waals surface area (Å²) in [6.07, 6.45) is 0. The van der Waals surface area contributed by atoms with Gasteiger partial charge >= 0.3 is 0 Å². The normalized spacial score (nSPS) is 11.1. The number of hydrogen-bond donors (Lipinski definition) is 0. The van der Waals surface area contributed by atoms with Crippen LogP contribution in [0.5, 0.6) is 11.5 Å². The van der Waals surface area contributed by atoms with Crippen molar-refractivity contribution in [3.05, 3.63) is 77.9 Å². The first-order chi connectivity index (χ1) is 13.8. The molecule has 5 rings (SSSR count). The average Bonchev–Trinajstić information content (AvgIpc) is 3.13. The van der Waals surface area contributed by atoms with Crippen molar-refractivity contribution >= 4 is 0 Å². The van der Waals surface area contributed by atoms with Gasteiger partial charge in [0.2, 0.25) is 0 Å². The van der Waals surface area contributed by atoms with Crippen molar-refractivity contribution in [2.75, 3.05) is 0 Å². The molecule has 28 heavy (non-hydrogen) atoms. The van der Waals surface area contributed by atoms with E-state index in [1.807, 2.05) is 59.2 Å². The first-order valence-corrected chi connectivity index (χ1v) is 8.57. The molecule has 1 aliphatic heterocycles. The molecule has 0 radical (unpaired) electrons. The largest absolute Gasteiger partial charge is 0.454 e. The quantitative estimate of drug-likeness (QED) is 0.440. The summed E-state index contributed by atoms with van der Waals surface area (Å²) < 4.78 is 8.00. The summed E-state index contributed by atoms with van der Waals surface area (Å²) >= 11 is 0. The molecule has 1 aromatic heterocycles. The summed E-state index contributed by atoms with van der Waals surface area (Å²) in [6, 6.07) is 24.6. The van der Waals surface area contributed by atoms with Gasteiger partial charge in [-0.3, -0.25) is 4.57 Å². The van der Waals surface area contributed by atoms with Crippen LogP contribution in [0.15, 0.2) is 66.7 Å². The Bertz CT molecular complexity index is 1310. The molecule has 0 bridgehead atoms. The summed E-state index contributed by atoms with van der Waals surface area (Å²) in [5.74, 6) is 2.33. The van der Waals surface area contributed by atoms with Crippen LogP contribution in [0, 0.1) is 22.7 Å². The lowest BCUT2D eigenvalue weighted by Crippen LogP contribution is -2.01. The van der Waals surface area contributed by atoms with Gasteiger partial charge < -0.3 is 4.74 Å². The first kappa shape index (κ1) is 15.8. The Labute approximate surface area is 160 Å². The highest BCUT2D eigenvalue weighted by molar-refractivity contribution is 5.76. The number of fused-ring (bicyclic) bond motifs is 5. The van der Waals surface area contributed by atoms with E-state index in [1.165, 1.54) is 0 Å². The van der Waals surface area contributed by atoms with Crippen LogP contribution in [0.25, 0.3) is 28.5 Å². The second kappa shape index (κ2) is 6.08. The Hall–Kier alpha value is -4.42. The van der Waals surface area contributed by atoms with Crippen LogP contribution in [0.4, 0.5) is 0 Å². The Morgan fingerprint density at radius 2 is 1.43 bits per heavy atom. The van der Waals surface area contributed by atoms with Crippen molar-refractivity contribution in [2.24, 2.45) is 0 Å². The van der Waals surface area contributed by atoms with E-state index in [0.717, 1.165) is 11.1 Å². The Morgan fingerprint density at radius 3 is 2.21 bits per heavy atom. The number of hydrogen-bond acceptors (Lipinski definition) is 5. The molecule has 4 aromatic rings. The third-order valence-electron chi connectivity index (χ3n) is 4.62. The van der Waals surface area contributed by atoms with Crippen molar-refractivity contribution in [3.8, 4) is 52.1 Å². The highest BCUT2D eigenvalue weighted by Gasteiger charge is 2.27. The van der Waals surface area contributed by atoms with Gasteiger partial charge in [0.1, 0.15) is 17.9 Å². The highest BCUT2D eigenvalue weighted by Crippen LogP contribution is 2.43. The van der Waals surface area contributed by atoms with Gasteiger partial charge in [-0.15, -0.1) is 10.2 Å². The molecule has 0 spiro atoms. The third kappa shape index (κ3) is 2.26. The molecule has 6 nitrogen and oxygen atoms in total. The van der Waals surface area contributed by atoms with Crippen molar-refractivity contribution in [1.29, 1.82) is 10.5 Å². The van der Waals surface area contributed by atoms with Crippen LogP contribution < -0.4 is 4.74 Å². The maximum Gasteiger partial charge on any atom is 0.172 e. The van der Waals surface area contributed by atoms with Crippen LogP contribution in [0.1, 0.15) is 11.1 Å². The fraction of sp³-hybridized carbons (Fsp3) is 0. The lowest BCUT2D eigenvalue weighted by atomic mass is 10.1. The number of para-hydroxylation sites is 1. The van der Waals surface area contributed by atoms with Crippen LogP contribution >= 0.6 is 0 Å². The van der Waals surface area contributed by atoms with Crippen LogP contribution in [0.3, 0.4) is 0 Å². The molecule has 0 atom stereocenters. The number of rotatable bonds is 1. The van der Waals surface area contributed by atoms with Crippen LogP contribution in [0.2, 0.25) is 0 Å². The summed E-state index contributed by atoms with van der Waals surface area (Å²) in [6.45, 7) is 0. The lowest BCUT2D eigenvalue weighted by molar-refractivity contribution is 0.485. The molecule has 2 heterocycles. The van der Waals surface area contributed by atoms with E-state index in [2.05, 4.69) is 22.3 Å². The van der Waals surface area contributed by atoms with Crippen molar-refractivity contribution in [3.63, 3.8) is 0 Å². The van der Waals surface area contributed by atoms with E-state index >= 15 is 0 Å². The van der Waals surface area contributed by atoms with Gasteiger partial charge in [0.15, 0.2) is 17.4 Å². The van der Waals surface area contributed by atoms with Gasteiger partial charge in [-0.25, -0.2) is 0 Å². The van der Waals surface area contributed by atoms with Gasteiger partial charge in [0.05, 0.1) is 22.4 Å². The molecular formula is C22H11N5O. The average molecular weight is 361 g/mol. The number of benzene rings is 3. The molecule has 0 fully saturated rings. The number of nitriles is 2. The SMILES string of the molecule is N#Cc1cc2c(cc1C#N)-n1c(-c3ccccc3)nnc1-c1ccccc1O2. The molecule has 1 aliphatic rings. The number of nitrogens with zero attached hydrogens (tertiary/aromatic N) is 5. The number of ether oxygens (including phenoxy) is 1. The summed E-state index contributed by atoms with van der Waals surface area (Å²) in [5, 5.41) is 27.7. The Kier molecular flexibility index (Phi) is 3.43. The molecule has 6 heteroatoms. The predicted octanol–water partition coefficient (Wildman–Crippen LogP) is 4.45. The fourth-order valence-electron chi connectivity index (χ4n) is 3.33. The topological polar surface area (TPSA) is 87.5 Å². The Balaban J connectivity index is 1.90. The zero-order valence-corrected chi connectivity index (χ0v) is 14.5. The second-order valence-corrected chi connectivity index (χ2v) is 6.24. The smallest absolute Gasteiger partial charge is 0.172 e. The highest BCUT2D eigenvalue weighted by atomic mass is 16.5. The zero-order valence-electron chi connectivity index (χ0n) is 14.5. The van der Waals surface area contributed by atoms with Crippen molar-refractivity contribution in [1.82, 2.24) is 14.8 Å². The minimum Gasteiger partial charge on any atom is -0.454 e. The first-order valence-electron chi connectivity index (χ1n) is 8.57. The molecule has 0 saturated carbocycles. The van der Waals surface area contributed by atoms with Crippen LogP contribution in [-0.4, -0.2) is 14.8 Å². The number of aromatic nitrogens is 3. The molecule has 0 amide bonds. The lowest BCUT2D eigenvalue weighted by Gasteiger charge is -2.12. The minimum atomic E-state index is 0.261. The van der Waals surface area contributed by atoms with Gasteiger partial charge in [-0.2, -0.15) is 10.5 Å². The van der Waals surface area contributed by atoms with Gasteiger partial charge in [-0.1, -0.05) is 42.5 Å². The van der Waals surface area contributed by atoms with Gasteiger partial charge in [0, 0.05) is 11.6 Å². The van der Waals surface area contributed by atoms with Crippen molar-refractivity contribution in [2.45, 2.75) is 0 Å². The summed E-state index contributed by atoms with van der Waals surface area (Å²) in [4.78, 5) is 0. The monoisotopic (exact) mass is 361 g/mol. The summed E-state index contributed by atoms with van der Waals surface area (Å²) in [5.41, 5.74) is 2.82. The minimum absolute atomic E-state index is 0.261. The molecule has 0 aliphatic carbocycles. The zero-order chi connectivity index (χ0) is 19.1. The fourth-order valence-corrected chi connectivity index (χ4v) is 3.33. The molecule has 0 saturated heterocycles. The van der Waals surface area contributed by atoms with E-state index in [-0.39, 0.29) is 11.1 Å². The molecule has 3 aromatic carbocycles. The predicted molar refractivity (Wildman–Crippen MR) is 102 cm³/mol. The second-order valence-electron chi connectivity index (χ2n) is 6.24. The maximum atomic E-state index is 9.50. The standard InChI is InChI=1S/C22H11N5O/c23-12-15-10-18-20(11-16(15)13-24)28-19-9-5-4-8-17(19)22-26-25-21(27(18)22)14-6-2-1-3-7-14/h1-11H. The van der Waals surface area contributed by atoms with Crippen molar-refractivity contribution < 1.29 is 4.74 Å². The van der Waals surface area contributed by atoms with E-state index in [9.17, 15) is 10.5 Å². The van der Waals surface area contributed by atoms with E-state index in [0.29, 0.717) is 28.8 Å². The molecule has 0 N–H and O–H groups in total. The molecule has 130 valence electrons. The third-order valence-corrected chi connectivity index (χ3v) is 4.62. The van der Waals surface area contributed by atoms with E-state index in [1.54, 1.807) is 12.1 Å². The van der Waals surface area contributed by atoms with Gasteiger partial charge in [-0.05, 0) is 18.2 Å². The maximum absolute atomic E-state index is 9.50. The molecular weight excluding hydrogens is 350 g/mol. The van der Waals surface area contributed by atoms with E-state index < -0.39 is 0 Å².